The van der Waals surface area contributed by atoms with Gasteiger partial charge in [0.05, 0.1) is 23.3 Å². The molecule has 1 aromatic carbocycles. The molecule has 3 heterocycles. The van der Waals surface area contributed by atoms with Crippen LogP contribution in [0.25, 0.3) is 22.3 Å². The smallest absolute Gasteiger partial charge is 0.261 e. The summed E-state index contributed by atoms with van der Waals surface area (Å²) in [4.78, 5) is 20.4. The van der Waals surface area contributed by atoms with Crippen molar-refractivity contribution in [2.45, 2.75) is 0 Å². The molecule has 27 heavy (non-hydrogen) atoms. The second kappa shape index (κ2) is 6.45. The number of aromatic nitrogens is 4. The van der Waals surface area contributed by atoms with E-state index in [0.717, 1.165) is 17.7 Å². The molecule has 0 fully saturated rings. The van der Waals surface area contributed by atoms with Crippen LogP contribution in [0.2, 0.25) is 0 Å². The molecule has 4 rings (SSSR count). The van der Waals surface area contributed by atoms with Gasteiger partial charge in [0.25, 0.3) is 5.91 Å². The lowest BCUT2D eigenvalue weighted by atomic mass is 10.1. The van der Waals surface area contributed by atoms with Crippen molar-refractivity contribution in [1.29, 1.82) is 0 Å². The van der Waals surface area contributed by atoms with E-state index >= 15 is 0 Å². The van der Waals surface area contributed by atoms with Gasteiger partial charge in [-0.15, -0.1) is 0 Å². The number of amides is 1. The van der Waals surface area contributed by atoms with Crippen LogP contribution in [0, 0.1) is 11.6 Å². The Bertz CT molecular complexity index is 1160. The second-order valence-corrected chi connectivity index (χ2v) is 5.71. The number of anilines is 2. The summed E-state index contributed by atoms with van der Waals surface area (Å²) in [6.45, 7) is 0. The zero-order valence-corrected chi connectivity index (χ0v) is 13.7. The zero-order chi connectivity index (χ0) is 19.0. The number of halogens is 2. The van der Waals surface area contributed by atoms with E-state index in [1.807, 2.05) is 0 Å². The van der Waals surface area contributed by atoms with Gasteiger partial charge in [-0.3, -0.25) is 14.9 Å². The molecule has 0 aliphatic carbocycles. The van der Waals surface area contributed by atoms with Crippen LogP contribution in [0.1, 0.15) is 10.4 Å². The summed E-state index contributed by atoms with van der Waals surface area (Å²) in [5.41, 5.74) is 6.54. The minimum Gasteiger partial charge on any atom is -0.396 e. The lowest BCUT2D eigenvalue weighted by Gasteiger charge is -2.08. The standard InChI is InChI=1S/C18H12F2N6O/c19-12-1-2-13(21)15(20)14(12)18(27)24-10-7-11-16(9-3-5-22-6-4-9)25-26-17(11)23-8-10/h1-8H,21H2,(H,24,27)(H,23,25,26). The molecule has 0 bridgehead atoms. The van der Waals surface area contributed by atoms with Crippen molar-refractivity contribution in [3.63, 3.8) is 0 Å². The maximum atomic E-state index is 14.0. The number of benzene rings is 1. The Balaban J connectivity index is 1.71. The number of nitrogen functional groups attached to an aromatic ring is 1. The summed E-state index contributed by atoms with van der Waals surface area (Å²) < 4.78 is 27.9. The second-order valence-electron chi connectivity index (χ2n) is 5.71. The van der Waals surface area contributed by atoms with Crippen LogP contribution in [0.15, 0.2) is 48.9 Å². The highest BCUT2D eigenvalue weighted by molar-refractivity contribution is 6.06. The number of hydrogen-bond donors (Lipinski definition) is 3. The molecule has 0 atom stereocenters. The first kappa shape index (κ1) is 16.6. The van der Waals surface area contributed by atoms with Gasteiger partial charge in [0, 0.05) is 23.3 Å². The average Bonchev–Trinajstić information content (AvgIpc) is 3.09. The molecule has 0 saturated carbocycles. The molecule has 0 saturated heterocycles. The molecule has 0 aliphatic rings. The van der Waals surface area contributed by atoms with Crippen molar-refractivity contribution < 1.29 is 13.6 Å². The summed E-state index contributed by atoms with van der Waals surface area (Å²) in [5.74, 6) is -3.08. The van der Waals surface area contributed by atoms with E-state index in [-0.39, 0.29) is 11.4 Å². The normalized spacial score (nSPS) is 10.9. The fourth-order valence-electron chi connectivity index (χ4n) is 2.68. The number of hydrogen-bond acceptors (Lipinski definition) is 5. The van der Waals surface area contributed by atoms with Gasteiger partial charge in [-0.2, -0.15) is 5.10 Å². The molecule has 1 amide bonds. The molecule has 3 aromatic heterocycles. The van der Waals surface area contributed by atoms with Crippen molar-refractivity contribution >= 4 is 28.3 Å². The number of rotatable bonds is 3. The maximum absolute atomic E-state index is 14.0. The van der Waals surface area contributed by atoms with Crippen LogP contribution < -0.4 is 11.1 Å². The van der Waals surface area contributed by atoms with Gasteiger partial charge in [-0.1, -0.05) is 0 Å². The highest BCUT2D eigenvalue weighted by Crippen LogP contribution is 2.27. The number of fused-ring (bicyclic) bond motifs is 1. The molecule has 134 valence electrons. The lowest BCUT2D eigenvalue weighted by Crippen LogP contribution is -2.17. The quantitative estimate of drug-likeness (QED) is 0.483. The number of nitrogens with zero attached hydrogens (tertiary/aromatic N) is 3. The third-order valence-electron chi connectivity index (χ3n) is 3.98. The molecule has 7 nitrogen and oxygen atoms in total. The molecule has 4 aromatic rings. The number of pyridine rings is 2. The van der Waals surface area contributed by atoms with E-state index in [4.69, 9.17) is 5.73 Å². The van der Waals surface area contributed by atoms with E-state index in [2.05, 4.69) is 25.5 Å². The summed E-state index contributed by atoms with van der Waals surface area (Å²) >= 11 is 0. The Morgan fingerprint density at radius 1 is 1.15 bits per heavy atom. The summed E-state index contributed by atoms with van der Waals surface area (Å²) in [7, 11) is 0. The molecular weight excluding hydrogens is 354 g/mol. The first-order valence-corrected chi connectivity index (χ1v) is 7.84. The molecule has 4 N–H and O–H groups in total. The van der Waals surface area contributed by atoms with E-state index < -0.39 is 23.1 Å². The van der Waals surface area contributed by atoms with Crippen molar-refractivity contribution in [3.8, 4) is 11.3 Å². The predicted octanol–water partition coefficient (Wildman–Crippen LogP) is 3.13. The number of nitrogens with one attached hydrogen (secondary N) is 2. The number of H-pyrrole nitrogens is 1. The van der Waals surface area contributed by atoms with Gasteiger partial charge in [0.15, 0.2) is 11.5 Å². The highest BCUT2D eigenvalue weighted by Gasteiger charge is 2.20. The van der Waals surface area contributed by atoms with Crippen LogP contribution >= 0.6 is 0 Å². The van der Waals surface area contributed by atoms with Crippen molar-refractivity contribution in [2.24, 2.45) is 0 Å². The highest BCUT2D eigenvalue weighted by atomic mass is 19.1. The van der Waals surface area contributed by atoms with Gasteiger partial charge in [-0.25, -0.2) is 13.8 Å². The largest absolute Gasteiger partial charge is 0.396 e. The summed E-state index contributed by atoms with van der Waals surface area (Å²) in [6, 6.07) is 7.18. The first-order chi connectivity index (χ1) is 13.0. The van der Waals surface area contributed by atoms with Crippen molar-refractivity contribution in [2.75, 3.05) is 11.1 Å². The molecule has 0 spiro atoms. The van der Waals surface area contributed by atoms with Crippen molar-refractivity contribution in [3.05, 3.63) is 66.1 Å². The van der Waals surface area contributed by atoms with Gasteiger partial charge in [0.1, 0.15) is 11.4 Å². The fourth-order valence-corrected chi connectivity index (χ4v) is 2.68. The summed E-state index contributed by atoms with van der Waals surface area (Å²) in [6.07, 6.45) is 4.61. The van der Waals surface area contributed by atoms with Crippen LogP contribution in [-0.4, -0.2) is 26.1 Å². The minimum absolute atomic E-state index is 0.255. The van der Waals surface area contributed by atoms with Crippen molar-refractivity contribution in [1.82, 2.24) is 20.2 Å². The van der Waals surface area contributed by atoms with Crippen LogP contribution in [-0.2, 0) is 0 Å². The first-order valence-electron chi connectivity index (χ1n) is 7.84. The Morgan fingerprint density at radius 2 is 1.93 bits per heavy atom. The lowest BCUT2D eigenvalue weighted by molar-refractivity contribution is 0.101. The van der Waals surface area contributed by atoms with Crippen LogP contribution in [0.3, 0.4) is 0 Å². The topological polar surface area (TPSA) is 110 Å². The predicted molar refractivity (Wildman–Crippen MR) is 95.8 cm³/mol. The number of carbonyl (C=O) groups is 1. The Morgan fingerprint density at radius 3 is 2.70 bits per heavy atom. The van der Waals surface area contributed by atoms with E-state index in [9.17, 15) is 13.6 Å². The molecule has 0 unspecified atom stereocenters. The van der Waals surface area contributed by atoms with Crippen LogP contribution in [0.4, 0.5) is 20.2 Å². The monoisotopic (exact) mass is 366 g/mol. The Kier molecular flexibility index (Phi) is 3.96. The van der Waals surface area contributed by atoms with Gasteiger partial charge in [0.2, 0.25) is 0 Å². The van der Waals surface area contributed by atoms with E-state index in [0.29, 0.717) is 16.7 Å². The third kappa shape index (κ3) is 2.95. The van der Waals surface area contributed by atoms with E-state index in [1.54, 1.807) is 30.6 Å². The van der Waals surface area contributed by atoms with Gasteiger partial charge >= 0.3 is 0 Å². The van der Waals surface area contributed by atoms with E-state index in [1.165, 1.54) is 6.20 Å². The van der Waals surface area contributed by atoms with Crippen LogP contribution in [0.5, 0.6) is 0 Å². The Hall–Kier alpha value is -3.88. The molecule has 0 radical (unpaired) electrons. The SMILES string of the molecule is Nc1ccc(F)c(C(=O)Nc2cnc3n[nH]c(-c4ccncc4)c3c2)c1F. The number of nitrogens with two attached hydrogens (primary N) is 1. The molecule has 9 heteroatoms. The molecule has 0 aliphatic heterocycles. The van der Waals surface area contributed by atoms with Gasteiger partial charge in [-0.05, 0) is 30.3 Å². The Labute approximate surface area is 151 Å². The fraction of sp³-hybridized carbons (Fsp3) is 0. The maximum Gasteiger partial charge on any atom is 0.261 e. The zero-order valence-electron chi connectivity index (χ0n) is 13.7. The third-order valence-corrected chi connectivity index (χ3v) is 3.98. The number of carbonyl (C=O) groups excluding carboxylic acids is 1. The average molecular weight is 366 g/mol. The molecular formula is C18H12F2N6O. The summed E-state index contributed by atoms with van der Waals surface area (Å²) in [5, 5.41) is 10.1. The number of aromatic amines is 1. The minimum atomic E-state index is -1.11. The van der Waals surface area contributed by atoms with Gasteiger partial charge < -0.3 is 11.1 Å².